The van der Waals surface area contributed by atoms with E-state index in [1.54, 1.807) is 6.07 Å². The largest absolute Gasteiger partial charge is 0.385 e. The van der Waals surface area contributed by atoms with Gasteiger partial charge in [-0.3, -0.25) is 10.1 Å². The fraction of sp³-hybridized carbons (Fsp3) is 0.538. The number of nitrogens with zero attached hydrogens (tertiary/aromatic N) is 1. The minimum atomic E-state index is -0.383. The molecular formula is C13H21N3O3. The van der Waals surface area contributed by atoms with Gasteiger partial charge in [0.05, 0.1) is 4.92 Å². The van der Waals surface area contributed by atoms with Crippen LogP contribution in [0.2, 0.25) is 0 Å². The second kappa shape index (κ2) is 8.31. The third kappa shape index (κ3) is 5.56. The van der Waals surface area contributed by atoms with Gasteiger partial charge in [-0.1, -0.05) is 0 Å². The van der Waals surface area contributed by atoms with Crippen molar-refractivity contribution in [3.63, 3.8) is 0 Å². The quantitative estimate of drug-likeness (QED) is 0.409. The maximum absolute atomic E-state index is 10.9. The van der Waals surface area contributed by atoms with Crippen molar-refractivity contribution in [3.8, 4) is 0 Å². The van der Waals surface area contributed by atoms with Crippen LogP contribution in [-0.2, 0) is 4.74 Å². The monoisotopic (exact) mass is 267 g/mol. The van der Waals surface area contributed by atoms with Crippen molar-refractivity contribution in [3.05, 3.63) is 28.3 Å². The molecule has 2 N–H and O–H groups in total. The Labute approximate surface area is 113 Å². The van der Waals surface area contributed by atoms with Crippen LogP contribution in [0.15, 0.2) is 18.2 Å². The van der Waals surface area contributed by atoms with Gasteiger partial charge in [0.25, 0.3) is 5.69 Å². The first-order valence-electron chi connectivity index (χ1n) is 6.52. The summed E-state index contributed by atoms with van der Waals surface area (Å²) in [6, 6.07) is 4.95. The van der Waals surface area contributed by atoms with E-state index in [2.05, 4.69) is 10.6 Å². The molecule has 106 valence electrons. The highest BCUT2D eigenvalue weighted by atomic mass is 16.6. The third-order valence-electron chi connectivity index (χ3n) is 2.51. The molecule has 0 atom stereocenters. The van der Waals surface area contributed by atoms with Gasteiger partial charge in [-0.15, -0.1) is 0 Å². The molecule has 0 amide bonds. The summed E-state index contributed by atoms with van der Waals surface area (Å²) in [5.74, 6) is 0. The molecule has 6 nitrogen and oxygen atoms in total. The Morgan fingerprint density at radius 1 is 1.21 bits per heavy atom. The number of nitro benzene ring substituents is 1. The Hall–Kier alpha value is -1.82. The molecule has 0 bridgehead atoms. The lowest BCUT2D eigenvalue weighted by Crippen LogP contribution is -2.07. The molecule has 0 aliphatic carbocycles. The predicted molar refractivity (Wildman–Crippen MR) is 76.9 cm³/mol. The van der Waals surface area contributed by atoms with E-state index in [0.29, 0.717) is 13.2 Å². The Morgan fingerprint density at radius 3 is 2.47 bits per heavy atom. The van der Waals surface area contributed by atoms with Crippen LogP contribution in [0, 0.1) is 10.1 Å². The minimum absolute atomic E-state index is 0.0887. The molecule has 0 fully saturated rings. The molecule has 0 aliphatic rings. The number of anilines is 2. The van der Waals surface area contributed by atoms with Crippen molar-refractivity contribution in [2.24, 2.45) is 0 Å². The summed E-state index contributed by atoms with van der Waals surface area (Å²) in [5, 5.41) is 17.1. The summed E-state index contributed by atoms with van der Waals surface area (Å²) in [5.41, 5.74) is 1.59. The average molecular weight is 267 g/mol. The highest BCUT2D eigenvalue weighted by Gasteiger charge is 2.09. The summed E-state index contributed by atoms with van der Waals surface area (Å²) in [6.07, 6.45) is 0.868. The molecule has 0 saturated carbocycles. The van der Waals surface area contributed by atoms with E-state index in [1.807, 2.05) is 19.9 Å². The average Bonchev–Trinajstić information content (AvgIpc) is 2.38. The number of hydrogen-bond donors (Lipinski definition) is 2. The number of hydrogen-bond acceptors (Lipinski definition) is 5. The number of benzene rings is 1. The van der Waals surface area contributed by atoms with Crippen LogP contribution in [0.4, 0.5) is 17.1 Å². The molecule has 0 radical (unpaired) electrons. The van der Waals surface area contributed by atoms with Crippen molar-refractivity contribution in [2.45, 2.75) is 20.3 Å². The lowest BCUT2D eigenvalue weighted by molar-refractivity contribution is -0.384. The van der Waals surface area contributed by atoms with Gasteiger partial charge in [0, 0.05) is 49.8 Å². The van der Waals surface area contributed by atoms with Gasteiger partial charge in [0.1, 0.15) is 0 Å². The van der Waals surface area contributed by atoms with Gasteiger partial charge in [-0.2, -0.15) is 0 Å². The van der Waals surface area contributed by atoms with Crippen molar-refractivity contribution in [1.29, 1.82) is 0 Å². The molecule has 0 heterocycles. The van der Waals surface area contributed by atoms with E-state index in [9.17, 15) is 10.1 Å². The molecule has 19 heavy (non-hydrogen) atoms. The number of nitrogens with one attached hydrogen (secondary N) is 2. The highest BCUT2D eigenvalue weighted by molar-refractivity contribution is 5.63. The number of non-ortho nitro benzene ring substituents is 1. The van der Waals surface area contributed by atoms with Crippen molar-refractivity contribution < 1.29 is 9.66 Å². The van der Waals surface area contributed by atoms with E-state index in [4.69, 9.17) is 4.74 Å². The van der Waals surface area contributed by atoms with Gasteiger partial charge < -0.3 is 15.4 Å². The zero-order valence-electron chi connectivity index (χ0n) is 11.4. The van der Waals surface area contributed by atoms with E-state index < -0.39 is 0 Å². The van der Waals surface area contributed by atoms with Gasteiger partial charge in [-0.25, -0.2) is 0 Å². The summed E-state index contributed by atoms with van der Waals surface area (Å²) in [6.45, 7) is 6.77. The fourth-order valence-electron chi connectivity index (χ4n) is 1.68. The number of ether oxygens (including phenoxy) is 1. The summed E-state index contributed by atoms with van der Waals surface area (Å²) < 4.78 is 5.24. The topological polar surface area (TPSA) is 76.4 Å². The lowest BCUT2D eigenvalue weighted by Gasteiger charge is -2.09. The smallest absolute Gasteiger partial charge is 0.273 e. The van der Waals surface area contributed by atoms with E-state index in [1.165, 1.54) is 6.07 Å². The summed E-state index contributed by atoms with van der Waals surface area (Å²) in [7, 11) is 0. The molecule has 0 unspecified atom stereocenters. The number of rotatable bonds is 9. The predicted octanol–water partition coefficient (Wildman–Crippen LogP) is 2.87. The maximum atomic E-state index is 10.9. The van der Waals surface area contributed by atoms with Gasteiger partial charge >= 0.3 is 0 Å². The maximum Gasteiger partial charge on any atom is 0.273 e. The van der Waals surface area contributed by atoms with Crippen LogP contribution < -0.4 is 10.6 Å². The zero-order valence-corrected chi connectivity index (χ0v) is 11.4. The molecule has 0 saturated heterocycles. The van der Waals surface area contributed by atoms with Crippen LogP contribution >= 0.6 is 0 Å². The Morgan fingerprint density at radius 2 is 1.89 bits per heavy atom. The minimum Gasteiger partial charge on any atom is -0.385 e. The molecule has 1 aromatic rings. The molecule has 1 aromatic carbocycles. The van der Waals surface area contributed by atoms with Crippen LogP contribution in [0.25, 0.3) is 0 Å². The lowest BCUT2D eigenvalue weighted by atomic mass is 10.2. The molecular weight excluding hydrogens is 246 g/mol. The molecule has 0 spiro atoms. The van der Waals surface area contributed by atoms with E-state index >= 15 is 0 Å². The first-order chi connectivity index (χ1) is 9.17. The second-order valence-corrected chi connectivity index (χ2v) is 4.03. The first-order valence-corrected chi connectivity index (χ1v) is 6.52. The normalized spacial score (nSPS) is 10.2. The Kier molecular flexibility index (Phi) is 6.67. The Balaban J connectivity index is 2.62. The standard InChI is InChI=1S/C13H21N3O3/c1-3-14-11-8-12(10-13(9-11)16(17)18)15-6-5-7-19-4-2/h8-10,14-15H,3-7H2,1-2H3. The molecule has 0 aromatic heterocycles. The highest BCUT2D eigenvalue weighted by Crippen LogP contribution is 2.24. The third-order valence-corrected chi connectivity index (χ3v) is 2.51. The SMILES string of the molecule is CCNc1cc(NCCCOCC)cc([N+](=O)[O-])c1. The molecule has 1 rings (SSSR count). The van der Waals surface area contributed by atoms with Crippen LogP contribution in [0.3, 0.4) is 0 Å². The van der Waals surface area contributed by atoms with Gasteiger partial charge in [-0.05, 0) is 26.3 Å². The second-order valence-electron chi connectivity index (χ2n) is 4.03. The summed E-state index contributed by atoms with van der Waals surface area (Å²) in [4.78, 5) is 10.5. The Bertz CT molecular complexity index is 410. The van der Waals surface area contributed by atoms with Crippen molar-refractivity contribution in [2.75, 3.05) is 36.9 Å². The van der Waals surface area contributed by atoms with Crippen LogP contribution in [-0.4, -0.2) is 31.2 Å². The first kappa shape index (κ1) is 15.2. The van der Waals surface area contributed by atoms with Crippen molar-refractivity contribution in [1.82, 2.24) is 0 Å². The van der Waals surface area contributed by atoms with Crippen LogP contribution in [0.1, 0.15) is 20.3 Å². The zero-order chi connectivity index (χ0) is 14.1. The number of nitro groups is 1. The molecule has 0 aliphatic heterocycles. The van der Waals surface area contributed by atoms with Gasteiger partial charge in [0.15, 0.2) is 0 Å². The molecule has 6 heteroatoms. The fourth-order valence-corrected chi connectivity index (χ4v) is 1.68. The van der Waals surface area contributed by atoms with Crippen LogP contribution in [0.5, 0.6) is 0 Å². The summed E-state index contributed by atoms with van der Waals surface area (Å²) >= 11 is 0. The van der Waals surface area contributed by atoms with E-state index in [-0.39, 0.29) is 10.6 Å². The van der Waals surface area contributed by atoms with Crippen molar-refractivity contribution >= 4 is 17.1 Å². The van der Waals surface area contributed by atoms with Gasteiger partial charge in [0.2, 0.25) is 0 Å². The van der Waals surface area contributed by atoms with E-state index in [0.717, 1.165) is 30.9 Å².